The van der Waals surface area contributed by atoms with E-state index >= 15 is 0 Å². The minimum atomic E-state index is -0.245. The van der Waals surface area contributed by atoms with E-state index in [1.165, 1.54) is 0 Å². The number of amides is 2. The zero-order valence-corrected chi connectivity index (χ0v) is 12.8. The Morgan fingerprint density at radius 2 is 2.24 bits per heavy atom. The number of nitrogens with one attached hydrogen (secondary N) is 1. The zero-order valence-electron chi connectivity index (χ0n) is 12.8. The molecule has 21 heavy (non-hydrogen) atoms. The quantitative estimate of drug-likeness (QED) is 0.895. The molecule has 1 aliphatic rings. The molecule has 1 unspecified atom stereocenters. The number of ether oxygens (including phenoxy) is 1. The SMILES string of the molecule is COc1cccc(CNC(=O)C2CC(=O)N(C(C)C)C2)c1. The number of rotatable bonds is 5. The summed E-state index contributed by atoms with van der Waals surface area (Å²) < 4.78 is 5.15. The molecule has 0 saturated carbocycles. The Kier molecular flexibility index (Phi) is 4.83. The van der Waals surface area contributed by atoms with E-state index in [2.05, 4.69) is 5.32 Å². The van der Waals surface area contributed by atoms with Gasteiger partial charge in [0.15, 0.2) is 0 Å². The van der Waals surface area contributed by atoms with E-state index in [0.29, 0.717) is 19.5 Å². The van der Waals surface area contributed by atoms with Crippen LogP contribution in [0.5, 0.6) is 5.75 Å². The highest BCUT2D eigenvalue weighted by molar-refractivity contribution is 5.89. The number of methoxy groups -OCH3 is 1. The van der Waals surface area contributed by atoms with Crippen molar-refractivity contribution >= 4 is 11.8 Å². The summed E-state index contributed by atoms with van der Waals surface area (Å²) in [4.78, 5) is 25.7. The lowest BCUT2D eigenvalue weighted by Crippen LogP contribution is -2.35. The van der Waals surface area contributed by atoms with Gasteiger partial charge in [0.25, 0.3) is 0 Å². The van der Waals surface area contributed by atoms with Crippen molar-refractivity contribution in [3.05, 3.63) is 29.8 Å². The Bertz CT molecular complexity index is 528. The van der Waals surface area contributed by atoms with E-state index < -0.39 is 0 Å². The molecule has 5 heteroatoms. The fourth-order valence-electron chi connectivity index (χ4n) is 2.52. The summed E-state index contributed by atoms with van der Waals surface area (Å²) in [6.07, 6.45) is 0.308. The van der Waals surface area contributed by atoms with Gasteiger partial charge in [-0.25, -0.2) is 0 Å². The van der Waals surface area contributed by atoms with Gasteiger partial charge in [-0.3, -0.25) is 9.59 Å². The molecular weight excluding hydrogens is 268 g/mol. The molecule has 1 atom stereocenters. The zero-order chi connectivity index (χ0) is 15.4. The number of nitrogens with zero attached hydrogens (tertiary/aromatic N) is 1. The Morgan fingerprint density at radius 1 is 1.48 bits per heavy atom. The molecule has 2 amide bonds. The van der Waals surface area contributed by atoms with E-state index in [0.717, 1.165) is 11.3 Å². The van der Waals surface area contributed by atoms with Gasteiger partial charge in [-0.05, 0) is 31.5 Å². The first-order valence-corrected chi connectivity index (χ1v) is 7.21. The highest BCUT2D eigenvalue weighted by atomic mass is 16.5. The van der Waals surface area contributed by atoms with Crippen LogP contribution in [0.25, 0.3) is 0 Å². The van der Waals surface area contributed by atoms with E-state index in [4.69, 9.17) is 4.74 Å². The molecule has 1 heterocycles. The van der Waals surface area contributed by atoms with Gasteiger partial charge in [0.1, 0.15) is 5.75 Å². The van der Waals surface area contributed by atoms with Crippen molar-refractivity contribution in [1.82, 2.24) is 10.2 Å². The summed E-state index contributed by atoms with van der Waals surface area (Å²) in [5.41, 5.74) is 0.979. The Hall–Kier alpha value is -2.04. The summed E-state index contributed by atoms with van der Waals surface area (Å²) in [7, 11) is 1.61. The number of benzene rings is 1. The van der Waals surface area contributed by atoms with Crippen molar-refractivity contribution in [1.29, 1.82) is 0 Å². The van der Waals surface area contributed by atoms with Gasteiger partial charge < -0.3 is 15.0 Å². The highest BCUT2D eigenvalue weighted by Crippen LogP contribution is 2.20. The molecule has 1 aromatic rings. The van der Waals surface area contributed by atoms with Crippen molar-refractivity contribution in [2.75, 3.05) is 13.7 Å². The third kappa shape index (κ3) is 3.74. The lowest BCUT2D eigenvalue weighted by Gasteiger charge is -2.20. The second-order valence-corrected chi connectivity index (χ2v) is 5.61. The van der Waals surface area contributed by atoms with Crippen molar-refractivity contribution < 1.29 is 14.3 Å². The fraction of sp³-hybridized carbons (Fsp3) is 0.500. The molecule has 5 nitrogen and oxygen atoms in total. The molecule has 0 radical (unpaired) electrons. The predicted molar refractivity (Wildman–Crippen MR) is 79.8 cm³/mol. The largest absolute Gasteiger partial charge is 0.497 e. The lowest BCUT2D eigenvalue weighted by atomic mass is 10.1. The standard InChI is InChI=1S/C16H22N2O3/c1-11(2)18-10-13(8-15(18)19)16(20)17-9-12-5-4-6-14(7-12)21-3/h4-7,11,13H,8-10H2,1-3H3,(H,17,20). The molecule has 1 aromatic carbocycles. The van der Waals surface area contributed by atoms with Crippen LogP contribution in [0.1, 0.15) is 25.8 Å². The van der Waals surface area contributed by atoms with E-state index in [-0.39, 0.29) is 23.8 Å². The molecule has 0 bridgehead atoms. The van der Waals surface area contributed by atoms with Crippen molar-refractivity contribution in [2.24, 2.45) is 5.92 Å². The lowest BCUT2D eigenvalue weighted by molar-refractivity contribution is -0.129. The molecule has 0 aromatic heterocycles. The number of likely N-dealkylation sites (tertiary alicyclic amines) is 1. The average Bonchev–Trinajstić information content (AvgIpc) is 2.87. The fourth-order valence-corrected chi connectivity index (χ4v) is 2.52. The third-order valence-corrected chi connectivity index (χ3v) is 3.75. The smallest absolute Gasteiger partial charge is 0.225 e. The molecule has 2 rings (SSSR count). The van der Waals surface area contributed by atoms with Crippen molar-refractivity contribution in [2.45, 2.75) is 32.9 Å². The normalized spacial score (nSPS) is 18.2. The predicted octanol–water partition coefficient (Wildman–Crippen LogP) is 1.57. The van der Waals surface area contributed by atoms with Gasteiger partial charge in [0.2, 0.25) is 11.8 Å². The summed E-state index contributed by atoms with van der Waals surface area (Å²) in [5.74, 6) is 0.523. The summed E-state index contributed by atoms with van der Waals surface area (Å²) >= 11 is 0. The summed E-state index contributed by atoms with van der Waals surface area (Å²) in [6, 6.07) is 7.72. The number of hydrogen-bond acceptors (Lipinski definition) is 3. The van der Waals surface area contributed by atoms with E-state index in [1.807, 2.05) is 38.1 Å². The van der Waals surface area contributed by atoms with Gasteiger partial charge >= 0.3 is 0 Å². The first-order valence-electron chi connectivity index (χ1n) is 7.21. The van der Waals surface area contributed by atoms with Crippen LogP contribution < -0.4 is 10.1 Å². The number of carbonyl (C=O) groups excluding carboxylic acids is 2. The van der Waals surface area contributed by atoms with Crippen molar-refractivity contribution in [3.63, 3.8) is 0 Å². The maximum Gasteiger partial charge on any atom is 0.225 e. The van der Waals surface area contributed by atoms with Crippen LogP contribution in [0.3, 0.4) is 0 Å². The Morgan fingerprint density at radius 3 is 2.86 bits per heavy atom. The van der Waals surface area contributed by atoms with Gasteiger partial charge in [-0.15, -0.1) is 0 Å². The van der Waals surface area contributed by atoms with Gasteiger partial charge in [0, 0.05) is 25.6 Å². The minimum absolute atomic E-state index is 0.0608. The summed E-state index contributed by atoms with van der Waals surface area (Å²) in [5, 5.41) is 2.90. The van der Waals surface area contributed by atoms with E-state index in [1.54, 1.807) is 12.0 Å². The maximum absolute atomic E-state index is 12.2. The second-order valence-electron chi connectivity index (χ2n) is 5.61. The molecule has 0 spiro atoms. The van der Waals surface area contributed by atoms with Crippen LogP contribution in [0.15, 0.2) is 24.3 Å². The number of hydrogen-bond donors (Lipinski definition) is 1. The van der Waals surface area contributed by atoms with E-state index in [9.17, 15) is 9.59 Å². The topological polar surface area (TPSA) is 58.6 Å². The first kappa shape index (κ1) is 15.4. The molecule has 0 aliphatic carbocycles. The molecule has 114 valence electrons. The molecule has 1 fully saturated rings. The van der Waals surface area contributed by atoms with Gasteiger partial charge in [-0.1, -0.05) is 12.1 Å². The Balaban J connectivity index is 1.89. The van der Waals surface area contributed by atoms with Crippen LogP contribution in [-0.4, -0.2) is 36.4 Å². The third-order valence-electron chi connectivity index (χ3n) is 3.75. The number of carbonyl (C=O) groups is 2. The van der Waals surface area contributed by atoms with Crippen molar-refractivity contribution in [3.8, 4) is 5.75 Å². The monoisotopic (exact) mass is 290 g/mol. The van der Waals surface area contributed by atoms with Crippen LogP contribution in [0.2, 0.25) is 0 Å². The van der Waals surface area contributed by atoms with Crippen LogP contribution in [0.4, 0.5) is 0 Å². The maximum atomic E-state index is 12.2. The molecule has 1 aliphatic heterocycles. The van der Waals surface area contributed by atoms with Crippen LogP contribution >= 0.6 is 0 Å². The van der Waals surface area contributed by atoms with Crippen LogP contribution in [0, 0.1) is 5.92 Å². The minimum Gasteiger partial charge on any atom is -0.497 e. The van der Waals surface area contributed by atoms with Crippen LogP contribution in [-0.2, 0) is 16.1 Å². The Labute approximate surface area is 125 Å². The molecular formula is C16H22N2O3. The average molecular weight is 290 g/mol. The summed E-state index contributed by atoms with van der Waals surface area (Å²) in [6.45, 7) is 4.89. The van der Waals surface area contributed by atoms with Gasteiger partial charge in [0.05, 0.1) is 13.0 Å². The van der Waals surface area contributed by atoms with Gasteiger partial charge in [-0.2, -0.15) is 0 Å². The first-order chi connectivity index (χ1) is 10.0. The molecule has 1 saturated heterocycles. The highest BCUT2D eigenvalue weighted by Gasteiger charge is 2.35. The molecule has 1 N–H and O–H groups in total. The second kappa shape index (κ2) is 6.61.